The third-order valence-electron chi connectivity index (χ3n) is 10.3. The van der Waals surface area contributed by atoms with E-state index in [0.717, 1.165) is 43.2 Å². The molecule has 5 heterocycles. The number of nitrogens with one attached hydrogen (secondary N) is 1. The molecule has 13 heteroatoms. The van der Waals surface area contributed by atoms with Crippen LogP contribution in [0.5, 0.6) is 0 Å². The van der Waals surface area contributed by atoms with Crippen LogP contribution in [0.25, 0.3) is 0 Å². The second-order valence-corrected chi connectivity index (χ2v) is 14.6. The van der Waals surface area contributed by atoms with Gasteiger partial charge in [-0.25, -0.2) is 4.98 Å². The van der Waals surface area contributed by atoms with Gasteiger partial charge in [-0.2, -0.15) is 18.4 Å². The molecule has 1 unspecified atom stereocenters. The van der Waals surface area contributed by atoms with Crippen molar-refractivity contribution in [3.05, 3.63) is 64.2 Å². The van der Waals surface area contributed by atoms with Crippen LogP contribution in [0.3, 0.4) is 0 Å². The number of fused-ring (bicyclic) bond motifs is 1. The molecule has 3 aliphatic rings. The average Bonchev–Trinajstić information content (AvgIpc) is 3.63. The lowest BCUT2D eigenvalue weighted by Crippen LogP contribution is -2.49. The minimum atomic E-state index is -4.62. The highest BCUT2D eigenvalue weighted by atomic mass is 19.4. The monoisotopic (exact) mass is 708 g/mol. The molecule has 0 bridgehead atoms. The Morgan fingerprint density at radius 3 is 2.57 bits per heavy atom. The number of likely N-dealkylation sites (tertiary alicyclic amines) is 1. The van der Waals surface area contributed by atoms with Crippen molar-refractivity contribution in [2.75, 3.05) is 43.1 Å². The zero-order valence-corrected chi connectivity index (χ0v) is 30.5. The van der Waals surface area contributed by atoms with Crippen molar-refractivity contribution in [3.63, 3.8) is 0 Å². The Labute approximate surface area is 299 Å². The smallest absolute Gasteiger partial charge is 0.379 e. The molecule has 3 aliphatic heterocycles. The lowest BCUT2D eigenvalue weighted by atomic mass is 9.75. The number of carbonyl (C=O) groups is 1. The number of hydrogen-bond donors (Lipinski definition) is 1. The summed E-state index contributed by atoms with van der Waals surface area (Å²) in [6, 6.07) is 8.53. The molecule has 2 saturated heterocycles. The molecule has 51 heavy (non-hydrogen) atoms. The topological polar surface area (TPSA) is 112 Å². The molecule has 0 spiro atoms. The SMILES string of the molecule is CCCC(C)CC.C[C@H]1CCCN(Cc2cc3c(c(C(F)(F)F)c2)CN(c2cc(C4(Cc5nncn5C)COC4)cc(NCCC#N)n2)C3=O)C1. The molecule has 0 saturated carbocycles. The number of halogens is 3. The predicted octanol–water partition coefficient (Wildman–Crippen LogP) is 7.29. The highest BCUT2D eigenvalue weighted by Gasteiger charge is 2.44. The van der Waals surface area contributed by atoms with Crippen LogP contribution in [-0.4, -0.2) is 63.4 Å². The molecule has 6 rings (SSSR count). The second kappa shape index (κ2) is 16.5. The summed E-state index contributed by atoms with van der Waals surface area (Å²) in [4.78, 5) is 22.0. The zero-order chi connectivity index (χ0) is 36.8. The van der Waals surface area contributed by atoms with E-state index in [1.165, 1.54) is 30.2 Å². The van der Waals surface area contributed by atoms with E-state index in [0.29, 0.717) is 50.0 Å². The first-order chi connectivity index (χ1) is 24.4. The van der Waals surface area contributed by atoms with E-state index in [9.17, 15) is 18.0 Å². The van der Waals surface area contributed by atoms with Crippen molar-refractivity contribution >= 4 is 17.5 Å². The van der Waals surface area contributed by atoms with Gasteiger partial charge >= 0.3 is 6.18 Å². The molecule has 0 radical (unpaired) electrons. The molecule has 1 N–H and O–H groups in total. The molecule has 2 atom stereocenters. The Balaban J connectivity index is 0.000000654. The lowest BCUT2D eigenvalue weighted by molar-refractivity contribution is -0.138. The van der Waals surface area contributed by atoms with Gasteiger partial charge in [0.25, 0.3) is 5.91 Å². The van der Waals surface area contributed by atoms with Crippen molar-refractivity contribution in [3.8, 4) is 6.07 Å². The molecule has 10 nitrogen and oxygen atoms in total. The van der Waals surface area contributed by atoms with Gasteiger partial charge in [-0.3, -0.25) is 14.6 Å². The van der Waals surface area contributed by atoms with E-state index in [2.05, 4.69) is 59.2 Å². The van der Waals surface area contributed by atoms with Gasteiger partial charge in [0, 0.05) is 44.1 Å². The van der Waals surface area contributed by atoms with Gasteiger partial charge in [-0.15, -0.1) is 10.2 Å². The number of pyridine rings is 1. The van der Waals surface area contributed by atoms with Crippen molar-refractivity contribution < 1.29 is 22.7 Å². The summed E-state index contributed by atoms with van der Waals surface area (Å²) in [7, 11) is 1.86. The molecule has 3 aromatic rings. The number of nitrogens with zero attached hydrogens (tertiary/aromatic N) is 7. The molecule has 2 aromatic heterocycles. The van der Waals surface area contributed by atoms with Crippen LogP contribution in [0.4, 0.5) is 24.8 Å². The van der Waals surface area contributed by atoms with Gasteiger partial charge in [0.1, 0.15) is 23.8 Å². The maximum absolute atomic E-state index is 14.4. The summed E-state index contributed by atoms with van der Waals surface area (Å²) < 4.78 is 50.7. The van der Waals surface area contributed by atoms with Crippen molar-refractivity contribution in [1.82, 2.24) is 24.6 Å². The number of amides is 1. The van der Waals surface area contributed by atoms with E-state index in [4.69, 9.17) is 10.00 Å². The average molecular weight is 709 g/mol. The summed E-state index contributed by atoms with van der Waals surface area (Å²) >= 11 is 0. The van der Waals surface area contributed by atoms with Gasteiger partial charge in [0.05, 0.1) is 37.8 Å². The Hall–Kier alpha value is -4.02. The van der Waals surface area contributed by atoms with Crippen molar-refractivity contribution in [1.29, 1.82) is 5.26 Å². The van der Waals surface area contributed by atoms with Crippen LogP contribution in [0.2, 0.25) is 0 Å². The largest absolute Gasteiger partial charge is 0.416 e. The van der Waals surface area contributed by atoms with Gasteiger partial charge in [0.15, 0.2) is 0 Å². The number of hydrogen-bond acceptors (Lipinski definition) is 8. The fourth-order valence-corrected chi connectivity index (χ4v) is 7.17. The first kappa shape index (κ1) is 38.2. The Kier molecular flexibility index (Phi) is 12.4. The van der Waals surface area contributed by atoms with E-state index >= 15 is 0 Å². The normalized spacial score (nSPS) is 19.1. The van der Waals surface area contributed by atoms with E-state index in [1.807, 2.05) is 17.7 Å². The molecule has 1 aromatic carbocycles. The Morgan fingerprint density at radius 2 is 1.98 bits per heavy atom. The number of carbonyl (C=O) groups excluding carboxylic acids is 1. The minimum absolute atomic E-state index is 0.0368. The number of rotatable bonds is 12. The number of alkyl halides is 3. The molecular weight excluding hydrogens is 657 g/mol. The Morgan fingerprint density at radius 1 is 1.20 bits per heavy atom. The van der Waals surface area contributed by atoms with Gasteiger partial charge < -0.3 is 14.6 Å². The number of anilines is 2. The molecule has 276 valence electrons. The highest BCUT2D eigenvalue weighted by molar-refractivity contribution is 6.10. The second-order valence-electron chi connectivity index (χ2n) is 14.6. The number of benzene rings is 1. The summed E-state index contributed by atoms with van der Waals surface area (Å²) in [6.45, 7) is 11.8. The van der Waals surface area contributed by atoms with Crippen LogP contribution in [0.1, 0.15) is 105 Å². The van der Waals surface area contributed by atoms with E-state index in [-0.39, 0.29) is 29.9 Å². The maximum atomic E-state index is 14.4. The number of aryl methyl sites for hydroxylation is 1. The number of piperidine rings is 1. The van der Waals surface area contributed by atoms with Crippen LogP contribution >= 0.6 is 0 Å². The van der Waals surface area contributed by atoms with Crippen LogP contribution in [0.15, 0.2) is 30.6 Å². The third kappa shape index (κ3) is 9.08. The van der Waals surface area contributed by atoms with Crippen LogP contribution < -0.4 is 10.2 Å². The third-order valence-corrected chi connectivity index (χ3v) is 10.3. The molecular formula is C38H51F3N8O2. The number of nitriles is 1. The lowest BCUT2D eigenvalue weighted by Gasteiger charge is -2.42. The molecule has 0 aliphatic carbocycles. The van der Waals surface area contributed by atoms with E-state index in [1.54, 1.807) is 18.5 Å². The van der Waals surface area contributed by atoms with Crippen LogP contribution in [0, 0.1) is 23.2 Å². The maximum Gasteiger partial charge on any atom is 0.416 e. The fourth-order valence-electron chi connectivity index (χ4n) is 7.17. The molecule has 2 fully saturated rings. The van der Waals surface area contributed by atoms with E-state index < -0.39 is 23.1 Å². The summed E-state index contributed by atoms with van der Waals surface area (Å²) in [5, 5.41) is 20.4. The standard InChI is InChI=1S/C31H35F3N8O2.C7H16/c1-20-5-3-8-41(14-20)15-21-9-23-24(25(10-21)31(32,33)34)16-42(29(23)43)27-12-22(11-26(38-27)36-7-4-6-35)30(17-44-18-30)13-28-39-37-19-40(28)2;1-4-6-7(3)5-2/h9-12,19-20H,3-5,7-8,13-18H2,1-2H3,(H,36,38);7H,4-6H2,1-3H3/t20-;/m0./s1. The fraction of sp³-hybridized carbons (Fsp3) is 0.605. The Bertz CT molecular complexity index is 1700. The summed E-state index contributed by atoms with van der Waals surface area (Å²) in [5.74, 6) is 2.33. The van der Waals surface area contributed by atoms with Gasteiger partial charge in [-0.05, 0) is 72.2 Å². The van der Waals surface area contributed by atoms with Gasteiger partial charge in [-0.1, -0.05) is 47.0 Å². The minimum Gasteiger partial charge on any atom is -0.379 e. The number of ether oxygens (including phenoxy) is 1. The summed E-state index contributed by atoms with van der Waals surface area (Å²) in [6.07, 6.45) is 3.93. The number of aromatic nitrogens is 4. The van der Waals surface area contributed by atoms with Crippen LogP contribution in [-0.2, 0) is 42.9 Å². The highest BCUT2D eigenvalue weighted by Crippen LogP contribution is 2.42. The van der Waals surface area contributed by atoms with Crippen molar-refractivity contribution in [2.45, 2.75) is 97.3 Å². The molecule has 1 amide bonds. The predicted molar refractivity (Wildman–Crippen MR) is 190 cm³/mol. The quantitative estimate of drug-likeness (QED) is 0.195. The van der Waals surface area contributed by atoms with Crippen molar-refractivity contribution in [2.24, 2.45) is 18.9 Å². The first-order valence-electron chi connectivity index (χ1n) is 18.2. The van der Waals surface area contributed by atoms with Gasteiger partial charge in [0.2, 0.25) is 0 Å². The summed E-state index contributed by atoms with van der Waals surface area (Å²) in [5.41, 5.74) is 0.0547. The first-order valence-corrected chi connectivity index (χ1v) is 18.2. The zero-order valence-electron chi connectivity index (χ0n) is 30.5.